The molecule has 7 rings (SSSR count). The molecule has 1 spiro atoms. The fraction of sp³-hybridized carbons (Fsp3) is 0.429. The molecule has 0 amide bonds. The van der Waals surface area contributed by atoms with Crippen LogP contribution in [0.3, 0.4) is 0 Å². The molecule has 2 saturated carbocycles. The number of benzene rings is 2. The number of anilines is 1. The quantitative estimate of drug-likeness (QED) is 0.200. The number of alkyl halides is 3. The number of fused-ring (bicyclic) bond motifs is 1. The number of ether oxygens (including phenoxy) is 2. The lowest BCUT2D eigenvalue weighted by molar-refractivity contribution is -0.274. The number of allylic oxidation sites excluding steroid dienone is 1. The van der Waals surface area contributed by atoms with E-state index in [1.165, 1.54) is 23.4 Å². The molecule has 2 aliphatic carbocycles. The van der Waals surface area contributed by atoms with E-state index in [1.807, 2.05) is 13.0 Å². The summed E-state index contributed by atoms with van der Waals surface area (Å²) in [6.45, 7) is 6.72. The highest BCUT2D eigenvalue weighted by molar-refractivity contribution is 5.88. The first-order valence-electron chi connectivity index (χ1n) is 15.5. The lowest BCUT2D eigenvalue weighted by atomic mass is 9.60. The molecule has 3 heterocycles. The molecule has 0 atom stereocenters. The SMILES string of the molecule is CCCOc1cc(C)nc2ccc(N3CCC4(CC3)CC(=Cc3c(-c5ccccc5OC(F)(F)F)noc3C3CC3)C4)cc12. The maximum atomic E-state index is 13.1. The van der Waals surface area contributed by atoms with Crippen molar-refractivity contribution in [2.75, 3.05) is 24.6 Å². The summed E-state index contributed by atoms with van der Waals surface area (Å²) in [5, 5.41) is 5.31. The number of hydrogen-bond donors (Lipinski definition) is 0. The number of hydrogen-bond acceptors (Lipinski definition) is 6. The van der Waals surface area contributed by atoms with Crippen LogP contribution >= 0.6 is 0 Å². The number of aryl methyl sites for hydroxylation is 1. The van der Waals surface area contributed by atoms with Crippen molar-refractivity contribution in [3.63, 3.8) is 0 Å². The summed E-state index contributed by atoms with van der Waals surface area (Å²) in [6.07, 6.45) is 4.41. The third-order valence-corrected chi connectivity index (χ3v) is 9.16. The van der Waals surface area contributed by atoms with Gasteiger partial charge in [0.15, 0.2) is 0 Å². The van der Waals surface area contributed by atoms with Crippen LogP contribution in [0, 0.1) is 12.3 Å². The number of aromatic nitrogens is 2. The van der Waals surface area contributed by atoms with E-state index < -0.39 is 6.36 Å². The second kappa shape index (κ2) is 11.2. The van der Waals surface area contributed by atoms with Gasteiger partial charge in [0.25, 0.3) is 0 Å². The molecule has 1 saturated heterocycles. The molecule has 1 aliphatic heterocycles. The summed E-state index contributed by atoms with van der Waals surface area (Å²) in [5.74, 6) is 1.67. The van der Waals surface area contributed by atoms with Crippen LogP contribution in [-0.2, 0) is 0 Å². The van der Waals surface area contributed by atoms with E-state index in [9.17, 15) is 13.2 Å². The number of rotatable bonds is 8. The van der Waals surface area contributed by atoms with Gasteiger partial charge in [0, 0.05) is 53.0 Å². The summed E-state index contributed by atoms with van der Waals surface area (Å²) < 4.78 is 55.6. The molecule has 0 unspecified atom stereocenters. The zero-order chi connectivity index (χ0) is 30.5. The van der Waals surface area contributed by atoms with Crippen LogP contribution in [0.5, 0.6) is 11.5 Å². The maximum absolute atomic E-state index is 13.1. The number of pyridine rings is 1. The predicted molar refractivity (Wildman–Crippen MR) is 164 cm³/mol. The van der Waals surface area contributed by atoms with Crippen LogP contribution in [-0.4, -0.2) is 36.2 Å². The van der Waals surface area contributed by atoms with Gasteiger partial charge in [-0.25, -0.2) is 0 Å². The van der Waals surface area contributed by atoms with Gasteiger partial charge in [0.2, 0.25) is 0 Å². The van der Waals surface area contributed by atoms with Gasteiger partial charge >= 0.3 is 6.36 Å². The van der Waals surface area contributed by atoms with Crippen molar-refractivity contribution in [2.45, 2.75) is 71.1 Å². The van der Waals surface area contributed by atoms with Gasteiger partial charge in [-0.2, -0.15) is 0 Å². The second-order valence-corrected chi connectivity index (χ2v) is 12.6. The zero-order valence-corrected chi connectivity index (χ0v) is 25.0. The molecule has 2 aromatic heterocycles. The second-order valence-electron chi connectivity index (χ2n) is 12.6. The van der Waals surface area contributed by atoms with E-state index >= 15 is 0 Å². The molecule has 3 aliphatic rings. The summed E-state index contributed by atoms with van der Waals surface area (Å²) in [4.78, 5) is 7.16. The van der Waals surface area contributed by atoms with E-state index in [2.05, 4.69) is 46.0 Å². The standard InChI is InChI=1S/C35H36F3N3O3/c1-3-16-42-31-17-22(2)39-29-11-10-25(19-27(29)31)41-14-12-34(13-15-41)20-23(21-34)18-28-32(40-44-33(28)24-8-9-24)26-6-4-5-7-30(26)43-35(36,37)38/h4-7,10-11,17-19,24H,3,8-9,12-16,20-21H2,1-2H3. The van der Waals surface area contributed by atoms with Crippen LogP contribution in [0.15, 0.2) is 58.6 Å². The zero-order valence-electron chi connectivity index (χ0n) is 25.0. The molecule has 3 fully saturated rings. The van der Waals surface area contributed by atoms with Crippen molar-refractivity contribution in [2.24, 2.45) is 5.41 Å². The van der Waals surface area contributed by atoms with Crippen LogP contribution < -0.4 is 14.4 Å². The summed E-state index contributed by atoms with van der Waals surface area (Å²) in [7, 11) is 0. The molecule has 0 radical (unpaired) electrons. The Kier molecular flexibility index (Phi) is 7.29. The lowest BCUT2D eigenvalue weighted by Crippen LogP contribution is -2.44. The van der Waals surface area contributed by atoms with Crippen molar-refractivity contribution in [3.8, 4) is 22.8 Å². The van der Waals surface area contributed by atoms with Crippen LogP contribution in [0.25, 0.3) is 28.2 Å². The average molecular weight is 604 g/mol. The van der Waals surface area contributed by atoms with E-state index in [1.54, 1.807) is 12.1 Å². The minimum Gasteiger partial charge on any atom is -0.493 e. The van der Waals surface area contributed by atoms with Gasteiger partial charge < -0.3 is 18.9 Å². The van der Waals surface area contributed by atoms with E-state index in [0.29, 0.717) is 17.9 Å². The average Bonchev–Trinajstić information content (AvgIpc) is 3.74. The van der Waals surface area contributed by atoms with Crippen molar-refractivity contribution in [1.29, 1.82) is 0 Å². The largest absolute Gasteiger partial charge is 0.573 e. The Morgan fingerprint density at radius 1 is 1.05 bits per heavy atom. The normalized spacial score (nSPS) is 18.0. The number of para-hydroxylation sites is 1. The molecule has 6 nitrogen and oxygen atoms in total. The molecule has 4 aromatic rings. The van der Waals surface area contributed by atoms with E-state index in [4.69, 9.17) is 14.2 Å². The summed E-state index contributed by atoms with van der Waals surface area (Å²) in [6, 6.07) is 14.6. The van der Waals surface area contributed by atoms with E-state index in [0.717, 1.165) is 91.7 Å². The Bertz CT molecular complexity index is 1710. The molecule has 2 aromatic carbocycles. The highest BCUT2D eigenvalue weighted by Crippen LogP contribution is 2.54. The van der Waals surface area contributed by atoms with Gasteiger partial charge in [-0.3, -0.25) is 4.98 Å². The highest BCUT2D eigenvalue weighted by atomic mass is 19.4. The predicted octanol–water partition coefficient (Wildman–Crippen LogP) is 9.23. The third kappa shape index (κ3) is 5.76. The fourth-order valence-electron chi connectivity index (χ4n) is 6.81. The number of nitrogens with zero attached hydrogens (tertiary/aromatic N) is 3. The molecule has 9 heteroatoms. The van der Waals surface area contributed by atoms with Crippen LogP contribution in [0.4, 0.5) is 18.9 Å². The van der Waals surface area contributed by atoms with Gasteiger partial charge in [0.1, 0.15) is 23.0 Å². The Balaban J connectivity index is 1.08. The van der Waals surface area contributed by atoms with Gasteiger partial charge in [-0.1, -0.05) is 29.8 Å². The Morgan fingerprint density at radius 3 is 2.55 bits per heavy atom. The minimum atomic E-state index is -4.79. The van der Waals surface area contributed by atoms with Crippen molar-refractivity contribution in [1.82, 2.24) is 10.1 Å². The monoisotopic (exact) mass is 603 g/mol. The Hall–Kier alpha value is -4.01. The minimum absolute atomic E-state index is 0.252. The van der Waals surface area contributed by atoms with Gasteiger partial charge in [0.05, 0.1) is 12.1 Å². The third-order valence-electron chi connectivity index (χ3n) is 9.16. The fourth-order valence-corrected chi connectivity index (χ4v) is 6.81. The van der Waals surface area contributed by atoms with Crippen LogP contribution in [0.2, 0.25) is 0 Å². The number of piperidine rings is 1. The molecule has 44 heavy (non-hydrogen) atoms. The highest BCUT2D eigenvalue weighted by Gasteiger charge is 2.43. The summed E-state index contributed by atoms with van der Waals surface area (Å²) in [5.41, 5.74) is 6.15. The number of halogens is 3. The first-order chi connectivity index (χ1) is 21.2. The Morgan fingerprint density at radius 2 is 1.82 bits per heavy atom. The van der Waals surface area contributed by atoms with Crippen molar-refractivity contribution >= 4 is 22.7 Å². The molecule has 230 valence electrons. The topological polar surface area (TPSA) is 60.6 Å². The van der Waals surface area contributed by atoms with Crippen molar-refractivity contribution < 1.29 is 27.2 Å². The first kappa shape index (κ1) is 28.7. The first-order valence-corrected chi connectivity index (χ1v) is 15.5. The van der Waals surface area contributed by atoms with E-state index in [-0.39, 0.29) is 17.1 Å². The molecule has 0 bridgehead atoms. The molecular formula is C35H36F3N3O3. The maximum Gasteiger partial charge on any atom is 0.573 e. The lowest BCUT2D eigenvalue weighted by Gasteiger charge is -2.50. The Labute approximate surface area is 254 Å². The van der Waals surface area contributed by atoms with Gasteiger partial charge in [-0.05, 0) is 93.7 Å². The molecule has 0 N–H and O–H groups in total. The van der Waals surface area contributed by atoms with Gasteiger partial charge in [-0.15, -0.1) is 13.2 Å². The summed E-state index contributed by atoms with van der Waals surface area (Å²) >= 11 is 0. The molecular weight excluding hydrogens is 567 g/mol. The van der Waals surface area contributed by atoms with Crippen LogP contribution in [0.1, 0.15) is 74.8 Å². The van der Waals surface area contributed by atoms with Crippen molar-refractivity contribution in [3.05, 3.63) is 71.1 Å². The smallest absolute Gasteiger partial charge is 0.493 e.